The lowest BCUT2D eigenvalue weighted by molar-refractivity contribution is 0.103. The number of nitrogens with two attached hydrogens (primary N) is 1. The zero-order valence-corrected chi connectivity index (χ0v) is 15.7. The molecule has 0 fully saturated rings. The molecule has 138 valence electrons. The van der Waals surface area contributed by atoms with Gasteiger partial charge in [0.1, 0.15) is 17.2 Å². The van der Waals surface area contributed by atoms with Gasteiger partial charge in [0.2, 0.25) is 0 Å². The summed E-state index contributed by atoms with van der Waals surface area (Å²) in [5.74, 6) is 1.82. The first kappa shape index (κ1) is 19.4. The number of Topliss-reactive ketones (excluding diaryl/α,β-unsaturated/α-hetero) is 1. The van der Waals surface area contributed by atoms with Crippen molar-refractivity contribution in [3.8, 4) is 17.2 Å². The second kappa shape index (κ2) is 8.94. The summed E-state index contributed by atoms with van der Waals surface area (Å²) in [6, 6.07) is 10.6. The number of anilines is 1. The molecule has 0 aliphatic rings. The Labute approximate surface area is 154 Å². The van der Waals surface area contributed by atoms with E-state index in [9.17, 15) is 4.79 Å². The minimum absolute atomic E-state index is 0.0602. The molecule has 0 aliphatic carbocycles. The molecule has 2 aromatic carbocycles. The fourth-order valence-electron chi connectivity index (χ4n) is 2.70. The number of carbonyl (C=O) groups is 1. The first-order valence-electron chi connectivity index (χ1n) is 8.44. The van der Waals surface area contributed by atoms with E-state index in [4.69, 9.17) is 19.9 Å². The van der Waals surface area contributed by atoms with Crippen molar-refractivity contribution in [3.05, 3.63) is 53.1 Å². The number of hydrogen-bond acceptors (Lipinski definition) is 5. The molecule has 5 heteroatoms. The standard InChI is InChI=1S/C21H25NO4/c1-5-6-14(11-16-12-17(24-2)8-10-19(16)25-3)21(23)15-7-9-18(22)20(13-15)26-4/h7-13H,5-6,22H2,1-4H3. The van der Waals surface area contributed by atoms with E-state index in [1.807, 2.05) is 31.2 Å². The normalized spacial score (nSPS) is 11.2. The van der Waals surface area contributed by atoms with E-state index in [-0.39, 0.29) is 5.78 Å². The Hall–Kier alpha value is -2.95. The Morgan fingerprint density at radius 2 is 1.73 bits per heavy atom. The van der Waals surface area contributed by atoms with Gasteiger partial charge in [0.15, 0.2) is 5.78 Å². The van der Waals surface area contributed by atoms with Crippen LogP contribution in [0, 0.1) is 0 Å². The lowest BCUT2D eigenvalue weighted by Gasteiger charge is -2.11. The zero-order valence-electron chi connectivity index (χ0n) is 15.7. The number of allylic oxidation sites excluding steroid dienone is 1. The maximum absolute atomic E-state index is 13.0. The molecule has 5 nitrogen and oxygen atoms in total. The molecule has 2 N–H and O–H groups in total. The van der Waals surface area contributed by atoms with Gasteiger partial charge in [-0.3, -0.25) is 4.79 Å². The lowest BCUT2D eigenvalue weighted by Crippen LogP contribution is -2.05. The second-order valence-corrected chi connectivity index (χ2v) is 5.81. The van der Waals surface area contributed by atoms with Crippen LogP contribution >= 0.6 is 0 Å². The van der Waals surface area contributed by atoms with Gasteiger partial charge in [-0.25, -0.2) is 0 Å². The Bertz CT molecular complexity index is 812. The zero-order chi connectivity index (χ0) is 19.1. The minimum Gasteiger partial charge on any atom is -0.497 e. The Kier molecular flexibility index (Phi) is 6.67. The van der Waals surface area contributed by atoms with Crippen molar-refractivity contribution in [2.24, 2.45) is 0 Å². The maximum atomic E-state index is 13.0. The van der Waals surface area contributed by atoms with E-state index in [0.717, 1.165) is 12.0 Å². The number of nitrogen functional groups attached to an aromatic ring is 1. The molecule has 0 aliphatic heterocycles. The Morgan fingerprint density at radius 3 is 2.35 bits per heavy atom. The summed E-state index contributed by atoms with van der Waals surface area (Å²) in [6.07, 6.45) is 3.35. The van der Waals surface area contributed by atoms with E-state index in [2.05, 4.69) is 0 Å². The largest absolute Gasteiger partial charge is 0.497 e. The molecule has 0 saturated carbocycles. The van der Waals surface area contributed by atoms with Crippen molar-refractivity contribution in [2.45, 2.75) is 19.8 Å². The molecule has 0 amide bonds. The summed E-state index contributed by atoms with van der Waals surface area (Å²) in [7, 11) is 4.74. The summed E-state index contributed by atoms with van der Waals surface area (Å²) in [4.78, 5) is 13.0. The summed E-state index contributed by atoms with van der Waals surface area (Å²) in [6.45, 7) is 2.04. The van der Waals surface area contributed by atoms with E-state index in [0.29, 0.717) is 40.5 Å². The van der Waals surface area contributed by atoms with Crippen molar-refractivity contribution in [3.63, 3.8) is 0 Å². The van der Waals surface area contributed by atoms with Crippen LogP contribution in [-0.2, 0) is 0 Å². The molecule has 2 rings (SSSR count). The Balaban J connectivity index is 2.48. The fourth-order valence-corrected chi connectivity index (χ4v) is 2.70. The average Bonchev–Trinajstić information content (AvgIpc) is 2.67. The molecule has 0 heterocycles. The van der Waals surface area contributed by atoms with Gasteiger partial charge >= 0.3 is 0 Å². The first-order chi connectivity index (χ1) is 12.5. The maximum Gasteiger partial charge on any atom is 0.189 e. The van der Waals surface area contributed by atoms with Gasteiger partial charge in [-0.2, -0.15) is 0 Å². The average molecular weight is 355 g/mol. The number of hydrogen-bond donors (Lipinski definition) is 1. The van der Waals surface area contributed by atoms with Gasteiger partial charge in [0, 0.05) is 16.7 Å². The van der Waals surface area contributed by atoms with Crippen molar-refractivity contribution in [1.29, 1.82) is 0 Å². The van der Waals surface area contributed by atoms with Crippen molar-refractivity contribution in [1.82, 2.24) is 0 Å². The summed E-state index contributed by atoms with van der Waals surface area (Å²) in [5, 5.41) is 0. The summed E-state index contributed by atoms with van der Waals surface area (Å²) >= 11 is 0. The van der Waals surface area contributed by atoms with Crippen molar-refractivity contribution in [2.75, 3.05) is 27.1 Å². The quantitative estimate of drug-likeness (QED) is 0.433. The third kappa shape index (κ3) is 4.36. The molecule has 0 bridgehead atoms. The smallest absolute Gasteiger partial charge is 0.189 e. The van der Waals surface area contributed by atoms with Gasteiger partial charge in [-0.05, 0) is 48.9 Å². The second-order valence-electron chi connectivity index (χ2n) is 5.81. The van der Waals surface area contributed by atoms with Crippen LogP contribution in [-0.4, -0.2) is 27.1 Å². The predicted molar refractivity (Wildman–Crippen MR) is 104 cm³/mol. The number of ketones is 1. The molecule has 26 heavy (non-hydrogen) atoms. The summed E-state index contributed by atoms with van der Waals surface area (Å²) < 4.78 is 15.9. The van der Waals surface area contributed by atoms with E-state index in [1.54, 1.807) is 32.4 Å². The van der Waals surface area contributed by atoms with Crippen molar-refractivity contribution >= 4 is 17.5 Å². The molecular weight excluding hydrogens is 330 g/mol. The topological polar surface area (TPSA) is 70.8 Å². The van der Waals surface area contributed by atoms with Gasteiger partial charge in [0.05, 0.1) is 27.0 Å². The monoisotopic (exact) mass is 355 g/mol. The minimum atomic E-state index is -0.0602. The first-order valence-corrected chi connectivity index (χ1v) is 8.44. The summed E-state index contributed by atoms with van der Waals surface area (Å²) in [5.41, 5.74) is 8.37. The number of ether oxygens (including phenoxy) is 3. The van der Waals surface area contributed by atoms with Crippen LogP contribution in [0.3, 0.4) is 0 Å². The molecule has 0 spiro atoms. The number of benzene rings is 2. The van der Waals surface area contributed by atoms with Crippen LogP contribution in [0.15, 0.2) is 42.0 Å². The molecule has 0 radical (unpaired) electrons. The SMILES string of the molecule is CCCC(=Cc1cc(OC)ccc1OC)C(=O)c1ccc(N)c(OC)c1. The van der Waals surface area contributed by atoms with Gasteiger partial charge in [-0.1, -0.05) is 13.3 Å². The van der Waals surface area contributed by atoms with Crippen LogP contribution in [0.1, 0.15) is 35.7 Å². The van der Waals surface area contributed by atoms with Gasteiger partial charge in [0.25, 0.3) is 0 Å². The third-order valence-corrected chi connectivity index (χ3v) is 4.07. The molecule has 2 aromatic rings. The lowest BCUT2D eigenvalue weighted by atomic mass is 9.96. The number of rotatable bonds is 8. The third-order valence-electron chi connectivity index (χ3n) is 4.07. The van der Waals surface area contributed by atoms with Crippen LogP contribution < -0.4 is 19.9 Å². The van der Waals surface area contributed by atoms with Crippen LogP contribution in [0.25, 0.3) is 6.08 Å². The van der Waals surface area contributed by atoms with Gasteiger partial charge in [-0.15, -0.1) is 0 Å². The highest BCUT2D eigenvalue weighted by Crippen LogP contribution is 2.29. The van der Waals surface area contributed by atoms with E-state index in [1.165, 1.54) is 7.11 Å². The van der Waals surface area contributed by atoms with Crippen molar-refractivity contribution < 1.29 is 19.0 Å². The molecule has 0 aromatic heterocycles. The highest BCUT2D eigenvalue weighted by molar-refractivity contribution is 6.11. The van der Waals surface area contributed by atoms with E-state index < -0.39 is 0 Å². The number of carbonyl (C=O) groups excluding carboxylic acids is 1. The predicted octanol–water partition coefficient (Wildman–Crippen LogP) is 4.36. The fraction of sp³-hybridized carbons (Fsp3) is 0.286. The molecular formula is C21H25NO4. The Morgan fingerprint density at radius 1 is 1.00 bits per heavy atom. The highest BCUT2D eigenvalue weighted by Gasteiger charge is 2.15. The molecule has 0 saturated heterocycles. The molecule has 0 unspecified atom stereocenters. The van der Waals surface area contributed by atoms with Crippen LogP contribution in [0.2, 0.25) is 0 Å². The number of methoxy groups -OCH3 is 3. The molecule has 0 atom stereocenters. The highest BCUT2D eigenvalue weighted by atomic mass is 16.5. The van der Waals surface area contributed by atoms with Gasteiger partial charge < -0.3 is 19.9 Å². The van der Waals surface area contributed by atoms with E-state index >= 15 is 0 Å². The van der Waals surface area contributed by atoms with Crippen LogP contribution in [0.4, 0.5) is 5.69 Å². The van der Waals surface area contributed by atoms with Crippen LogP contribution in [0.5, 0.6) is 17.2 Å².